The highest BCUT2D eigenvalue weighted by atomic mass is 16.2. The first kappa shape index (κ1) is 17.6. The monoisotopic (exact) mass is 375 g/mol. The molecule has 3 aromatic rings. The third-order valence-corrected chi connectivity index (χ3v) is 4.46. The van der Waals surface area contributed by atoms with Crippen molar-refractivity contribution in [3.8, 4) is 0 Å². The van der Waals surface area contributed by atoms with Crippen LogP contribution in [0.4, 0.5) is 10.5 Å². The minimum atomic E-state index is -0.462. The second-order valence-electron chi connectivity index (χ2n) is 6.50. The number of nitrogens with zero attached hydrogens (tertiary/aromatic N) is 4. The fourth-order valence-corrected chi connectivity index (χ4v) is 3.04. The summed E-state index contributed by atoms with van der Waals surface area (Å²) in [4.78, 5) is 47.5. The molecule has 2 aromatic carbocycles. The van der Waals surface area contributed by atoms with Gasteiger partial charge in [0.05, 0.1) is 29.5 Å². The Kier molecular flexibility index (Phi) is 4.44. The summed E-state index contributed by atoms with van der Waals surface area (Å²) in [6.45, 7) is 0.300. The number of urea groups is 1. The first-order valence-corrected chi connectivity index (χ1v) is 8.69. The molecule has 0 saturated carbocycles. The van der Waals surface area contributed by atoms with Crippen molar-refractivity contribution in [3.63, 3.8) is 0 Å². The van der Waals surface area contributed by atoms with E-state index in [0.29, 0.717) is 23.5 Å². The van der Waals surface area contributed by atoms with Gasteiger partial charge in [-0.15, -0.1) is 0 Å². The number of benzene rings is 2. The number of rotatable bonds is 4. The van der Waals surface area contributed by atoms with Crippen molar-refractivity contribution < 1.29 is 14.4 Å². The lowest BCUT2D eigenvalue weighted by Crippen LogP contribution is -2.28. The molecular weight excluding hydrogens is 358 g/mol. The van der Waals surface area contributed by atoms with Gasteiger partial charge < -0.3 is 4.90 Å². The number of anilines is 1. The van der Waals surface area contributed by atoms with Gasteiger partial charge in [-0.1, -0.05) is 12.1 Å². The van der Waals surface area contributed by atoms with Gasteiger partial charge in [-0.05, 0) is 36.4 Å². The normalized spacial score (nSPS) is 13.7. The van der Waals surface area contributed by atoms with E-state index in [1.807, 2.05) is 24.3 Å². The quantitative estimate of drug-likeness (QED) is 0.704. The van der Waals surface area contributed by atoms with Gasteiger partial charge >= 0.3 is 6.03 Å². The van der Waals surface area contributed by atoms with Gasteiger partial charge in [-0.3, -0.25) is 24.8 Å². The first-order valence-electron chi connectivity index (χ1n) is 8.69. The fraction of sp³-hybridized carbons (Fsp3) is 0.150. The average Bonchev–Trinajstić information content (AvgIpc) is 3.05. The summed E-state index contributed by atoms with van der Waals surface area (Å²) in [5.41, 5.74) is 3.32. The van der Waals surface area contributed by atoms with E-state index in [-0.39, 0.29) is 18.4 Å². The molecule has 0 spiro atoms. The largest absolute Gasteiger partial charge is 0.336 e. The summed E-state index contributed by atoms with van der Waals surface area (Å²) in [6.07, 6.45) is 1.66. The second kappa shape index (κ2) is 7.07. The van der Waals surface area contributed by atoms with Crippen LogP contribution in [0.5, 0.6) is 0 Å². The van der Waals surface area contributed by atoms with Crippen molar-refractivity contribution in [2.45, 2.75) is 6.54 Å². The Morgan fingerprint density at radius 1 is 1.11 bits per heavy atom. The van der Waals surface area contributed by atoms with Crippen molar-refractivity contribution in [2.24, 2.45) is 0 Å². The highest BCUT2D eigenvalue weighted by Gasteiger charge is 2.28. The number of aromatic nitrogens is 2. The Balaban J connectivity index is 1.47. The van der Waals surface area contributed by atoms with Crippen molar-refractivity contribution >= 4 is 34.6 Å². The number of nitrogens with one attached hydrogen (secondary N) is 1. The second-order valence-corrected chi connectivity index (χ2v) is 6.50. The first-order chi connectivity index (χ1) is 13.5. The molecule has 0 bridgehead atoms. The number of amides is 4. The van der Waals surface area contributed by atoms with Crippen LogP contribution in [-0.4, -0.2) is 46.3 Å². The lowest BCUT2D eigenvalue weighted by atomic mass is 10.1. The van der Waals surface area contributed by atoms with E-state index in [0.717, 1.165) is 11.0 Å². The van der Waals surface area contributed by atoms with E-state index < -0.39 is 6.03 Å². The molecule has 8 heteroatoms. The topological polar surface area (TPSA) is 95.5 Å². The maximum Gasteiger partial charge on any atom is 0.329 e. The number of fused-ring (bicyclic) bond motifs is 1. The molecule has 1 aliphatic heterocycles. The van der Waals surface area contributed by atoms with E-state index >= 15 is 0 Å². The number of imide groups is 1. The predicted molar refractivity (Wildman–Crippen MR) is 103 cm³/mol. The molecule has 1 saturated heterocycles. The summed E-state index contributed by atoms with van der Waals surface area (Å²) in [5.74, 6) is -0.523. The van der Waals surface area contributed by atoms with Crippen LogP contribution in [0.25, 0.3) is 11.0 Å². The summed E-state index contributed by atoms with van der Waals surface area (Å²) >= 11 is 0. The van der Waals surface area contributed by atoms with Gasteiger partial charge in [-0.25, -0.2) is 9.78 Å². The SMILES string of the molecule is CN(Cc1cnc2ccccc2n1)C(=O)c1ccc(N2CC(=O)NC2=O)cc1. The van der Waals surface area contributed by atoms with Crippen LogP contribution in [0.15, 0.2) is 54.7 Å². The van der Waals surface area contributed by atoms with Gasteiger partial charge in [0.1, 0.15) is 6.54 Å². The molecule has 1 N–H and O–H groups in total. The Labute approximate surface area is 160 Å². The molecule has 2 heterocycles. The average molecular weight is 375 g/mol. The Morgan fingerprint density at radius 2 is 1.82 bits per heavy atom. The van der Waals surface area contributed by atoms with Crippen molar-refractivity contribution in [1.29, 1.82) is 0 Å². The van der Waals surface area contributed by atoms with Crippen LogP contribution >= 0.6 is 0 Å². The van der Waals surface area contributed by atoms with Gasteiger partial charge in [0, 0.05) is 18.3 Å². The molecule has 0 aliphatic carbocycles. The van der Waals surface area contributed by atoms with Crippen LogP contribution in [0.2, 0.25) is 0 Å². The molecular formula is C20H17N5O3. The molecule has 0 radical (unpaired) electrons. The van der Waals surface area contributed by atoms with Crippen LogP contribution < -0.4 is 10.2 Å². The highest BCUT2D eigenvalue weighted by molar-refractivity contribution is 6.12. The molecule has 1 aliphatic rings. The third-order valence-electron chi connectivity index (χ3n) is 4.46. The number of para-hydroxylation sites is 2. The van der Waals surface area contributed by atoms with Gasteiger partial charge in [0.15, 0.2) is 0 Å². The lowest BCUT2D eigenvalue weighted by Gasteiger charge is -2.18. The zero-order valence-corrected chi connectivity index (χ0v) is 15.1. The Morgan fingerprint density at radius 3 is 2.50 bits per heavy atom. The molecule has 4 amide bonds. The van der Waals surface area contributed by atoms with Crippen molar-refractivity contribution in [3.05, 3.63) is 66.0 Å². The van der Waals surface area contributed by atoms with E-state index in [4.69, 9.17) is 0 Å². The highest BCUT2D eigenvalue weighted by Crippen LogP contribution is 2.19. The van der Waals surface area contributed by atoms with E-state index in [9.17, 15) is 14.4 Å². The van der Waals surface area contributed by atoms with Crippen LogP contribution in [0.3, 0.4) is 0 Å². The summed E-state index contributed by atoms with van der Waals surface area (Å²) < 4.78 is 0. The Hall–Kier alpha value is -3.81. The molecule has 0 unspecified atom stereocenters. The van der Waals surface area contributed by atoms with Crippen molar-refractivity contribution in [2.75, 3.05) is 18.5 Å². The van der Waals surface area contributed by atoms with E-state index in [1.165, 1.54) is 4.90 Å². The molecule has 0 atom stereocenters. The molecule has 8 nitrogen and oxygen atoms in total. The number of carbonyl (C=O) groups is 3. The minimum absolute atomic E-state index is 0.0212. The fourth-order valence-electron chi connectivity index (χ4n) is 3.04. The van der Waals surface area contributed by atoms with E-state index in [1.54, 1.807) is 42.4 Å². The van der Waals surface area contributed by atoms with E-state index in [2.05, 4.69) is 15.3 Å². The van der Waals surface area contributed by atoms with Crippen LogP contribution in [0.1, 0.15) is 16.1 Å². The molecule has 1 fully saturated rings. The van der Waals surface area contributed by atoms with Gasteiger partial charge in [0.25, 0.3) is 5.91 Å². The third kappa shape index (κ3) is 3.39. The molecule has 28 heavy (non-hydrogen) atoms. The maximum absolute atomic E-state index is 12.7. The number of hydrogen-bond acceptors (Lipinski definition) is 5. The zero-order chi connectivity index (χ0) is 19.7. The smallest absolute Gasteiger partial charge is 0.329 e. The maximum atomic E-state index is 12.7. The van der Waals surface area contributed by atoms with Crippen LogP contribution in [0, 0.1) is 0 Å². The zero-order valence-electron chi connectivity index (χ0n) is 15.1. The summed E-state index contributed by atoms with van der Waals surface area (Å²) in [6, 6.07) is 13.7. The summed E-state index contributed by atoms with van der Waals surface area (Å²) in [7, 11) is 1.69. The Bertz CT molecular complexity index is 1080. The predicted octanol–water partition coefficient (Wildman–Crippen LogP) is 1.96. The van der Waals surface area contributed by atoms with Crippen molar-refractivity contribution in [1.82, 2.24) is 20.2 Å². The van der Waals surface area contributed by atoms with Gasteiger partial charge in [-0.2, -0.15) is 0 Å². The lowest BCUT2D eigenvalue weighted by molar-refractivity contribution is -0.117. The summed E-state index contributed by atoms with van der Waals surface area (Å²) in [5, 5.41) is 2.22. The molecule has 4 rings (SSSR count). The number of hydrogen-bond donors (Lipinski definition) is 1. The molecule has 1 aromatic heterocycles. The standard InChI is InChI=1S/C20H17N5O3/c1-24(11-14-10-21-16-4-2-3-5-17(16)22-14)19(27)13-6-8-15(9-7-13)25-12-18(26)23-20(25)28/h2-10H,11-12H2,1H3,(H,23,26,28). The minimum Gasteiger partial charge on any atom is -0.336 e. The number of carbonyl (C=O) groups excluding carboxylic acids is 3. The van der Waals surface area contributed by atoms with Crippen LogP contribution in [-0.2, 0) is 11.3 Å². The molecule has 140 valence electrons. The van der Waals surface area contributed by atoms with Gasteiger partial charge in [0.2, 0.25) is 5.91 Å².